The largest absolute Gasteiger partial charge is 0.497 e. The maximum atomic E-state index is 15.6. The van der Waals surface area contributed by atoms with Crippen molar-refractivity contribution in [3.8, 4) is 5.75 Å². The van der Waals surface area contributed by atoms with E-state index in [4.69, 9.17) is 21.1 Å². The molecule has 7 nitrogen and oxygen atoms in total. The van der Waals surface area contributed by atoms with Gasteiger partial charge >= 0.3 is 0 Å². The minimum atomic E-state index is -4.54. The third kappa shape index (κ3) is 6.35. The lowest BCUT2D eigenvalue weighted by atomic mass is 9.94. The van der Waals surface area contributed by atoms with Gasteiger partial charge in [0.15, 0.2) is 0 Å². The van der Waals surface area contributed by atoms with Crippen LogP contribution in [0.15, 0.2) is 59.5 Å². The lowest BCUT2D eigenvalue weighted by Gasteiger charge is -2.31. The number of sulfonamides is 1. The fraction of sp³-hybridized carbons (Fsp3) is 0.393. The van der Waals surface area contributed by atoms with Gasteiger partial charge in [-0.05, 0) is 86.8 Å². The molecule has 0 N–H and O–H groups in total. The molecule has 0 amide bonds. The molecule has 0 saturated heterocycles. The van der Waals surface area contributed by atoms with Gasteiger partial charge in [-0.25, -0.2) is 22.1 Å². The van der Waals surface area contributed by atoms with E-state index in [2.05, 4.69) is 4.98 Å². The Bertz CT molecular complexity index is 1420. The second-order valence-corrected chi connectivity index (χ2v) is 12.3. The summed E-state index contributed by atoms with van der Waals surface area (Å²) in [6.07, 6.45) is 2.12. The molecule has 3 aromatic rings. The van der Waals surface area contributed by atoms with Crippen molar-refractivity contribution in [2.45, 2.75) is 42.2 Å². The van der Waals surface area contributed by atoms with E-state index >= 15 is 4.39 Å². The molecule has 2 aromatic carbocycles. The fourth-order valence-corrected chi connectivity index (χ4v) is 7.08. The second kappa shape index (κ2) is 11.8. The number of pyridine rings is 1. The van der Waals surface area contributed by atoms with Crippen molar-refractivity contribution in [1.29, 1.82) is 0 Å². The van der Waals surface area contributed by atoms with Gasteiger partial charge in [-0.15, -0.1) is 0 Å². The standard InChI is InChI=1S/C28H32ClF2N3O4S/c1-33(2)18-28(38-4)13-12-20(16-28)22-14-24(30)25(15-23(22)29)39(35,36)34(27-7-5-6-26(31)32-27)17-19-8-10-21(37-3)11-9-19/h5-11,14-15,20H,12-13,16-18H2,1-4H3/t20-,28-/m1/s1. The third-order valence-electron chi connectivity index (χ3n) is 7.10. The van der Waals surface area contributed by atoms with E-state index in [1.54, 1.807) is 31.4 Å². The van der Waals surface area contributed by atoms with Crippen LogP contribution in [0.3, 0.4) is 0 Å². The molecule has 11 heteroatoms. The lowest BCUT2D eigenvalue weighted by Crippen LogP contribution is -2.39. The van der Waals surface area contributed by atoms with Crippen LogP contribution in [0, 0.1) is 11.8 Å². The highest BCUT2D eigenvalue weighted by Gasteiger charge is 2.41. The number of anilines is 1. The van der Waals surface area contributed by atoms with Crippen LogP contribution in [0.2, 0.25) is 5.02 Å². The second-order valence-electron chi connectivity index (χ2n) is 10.0. The van der Waals surface area contributed by atoms with Crippen LogP contribution in [0.5, 0.6) is 5.75 Å². The molecule has 39 heavy (non-hydrogen) atoms. The monoisotopic (exact) mass is 579 g/mol. The molecule has 1 heterocycles. The van der Waals surface area contributed by atoms with E-state index in [0.29, 0.717) is 29.8 Å². The van der Waals surface area contributed by atoms with Crippen LogP contribution < -0.4 is 9.04 Å². The number of nitrogens with zero attached hydrogens (tertiary/aromatic N) is 3. The number of aromatic nitrogens is 1. The Labute approximate surface area is 233 Å². The van der Waals surface area contributed by atoms with E-state index in [-0.39, 0.29) is 23.3 Å². The van der Waals surface area contributed by atoms with Crippen molar-refractivity contribution >= 4 is 27.4 Å². The van der Waals surface area contributed by atoms with Crippen LogP contribution in [-0.2, 0) is 21.3 Å². The normalized spacial score (nSPS) is 19.4. The lowest BCUT2D eigenvalue weighted by molar-refractivity contribution is -0.0234. The molecular weight excluding hydrogens is 548 g/mol. The Morgan fingerprint density at radius 3 is 2.44 bits per heavy atom. The highest BCUT2D eigenvalue weighted by molar-refractivity contribution is 7.92. The van der Waals surface area contributed by atoms with E-state index in [0.717, 1.165) is 29.3 Å². The van der Waals surface area contributed by atoms with Crippen LogP contribution in [0.4, 0.5) is 14.6 Å². The van der Waals surface area contributed by atoms with Gasteiger partial charge < -0.3 is 14.4 Å². The Balaban J connectivity index is 1.71. The van der Waals surface area contributed by atoms with Crippen molar-refractivity contribution in [2.24, 2.45) is 0 Å². The topological polar surface area (TPSA) is 72.0 Å². The van der Waals surface area contributed by atoms with Gasteiger partial charge in [0.05, 0.1) is 19.3 Å². The molecule has 2 atom stereocenters. The summed E-state index contributed by atoms with van der Waals surface area (Å²) in [4.78, 5) is 5.19. The van der Waals surface area contributed by atoms with Crippen LogP contribution in [0.25, 0.3) is 0 Å². The predicted octanol–water partition coefficient (Wildman–Crippen LogP) is 5.63. The van der Waals surface area contributed by atoms with Crippen molar-refractivity contribution in [1.82, 2.24) is 9.88 Å². The van der Waals surface area contributed by atoms with Crippen LogP contribution in [0.1, 0.15) is 36.3 Å². The quantitative estimate of drug-likeness (QED) is 0.290. The first-order valence-electron chi connectivity index (χ1n) is 12.4. The van der Waals surface area contributed by atoms with E-state index in [1.165, 1.54) is 25.3 Å². The molecule has 1 aliphatic carbocycles. The zero-order valence-electron chi connectivity index (χ0n) is 22.3. The van der Waals surface area contributed by atoms with Gasteiger partial charge in [0, 0.05) is 18.7 Å². The Morgan fingerprint density at radius 1 is 1.10 bits per heavy atom. The maximum Gasteiger partial charge on any atom is 0.268 e. The summed E-state index contributed by atoms with van der Waals surface area (Å²) in [5.74, 6) is -1.50. The number of ether oxygens (including phenoxy) is 2. The molecule has 4 rings (SSSR count). The first-order valence-corrected chi connectivity index (χ1v) is 14.3. The van der Waals surface area contributed by atoms with E-state index in [9.17, 15) is 12.8 Å². The molecule has 1 fully saturated rings. The third-order valence-corrected chi connectivity index (χ3v) is 9.20. The van der Waals surface area contributed by atoms with E-state index in [1.807, 2.05) is 19.0 Å². The number of hydrogen-bond acceptors (Lipinski definition) is 6. The number of rotatable bonds is 10. The molecule has 0 bridgehead atoms. The summed E-state index contributed by atoms with van der Waals surface area (Å²) >= 11 is 6.61. The number of halogens is 3. The SMILES string of the molecule is COc1ccc(CN(c2cccc(F)n2)S(=O)(=O)c2cc(Cl)c([C@@H]3CC[C@@](CN(C)C)(OC)C3)cc2F)cc1. The predicted molar refractivity (Wildman–Crippen MR) is 147 cm³/mol. The molecule has 0 aliphatic heterocycles. The molecule has 0 radical (unpaired) electrons. The van der Waals surface area contributed by atoms with Gasteiger partial charge in [0.25, 0.3) is 10.0 Å². The first kappa shape index (κ1) is 29.2. The summed E-state index contributed by atoms with van der Waals surface area (Å²) in [6.45, 7) is 0.485. The highest BCUT2D eigenvalue weighted by atomic mass is 35.5. The van der Waals surface area contributed by atoms with Gasteiger partial charge in [0.1, 0.15) is 22.3 Å². The van der Waals surface area contributed by atoms with Gasteiger partial charge in [-0.1, -0.05) is 29.8 Å². The van der Waals surface area contributed by atoms with Crippen molar-refractivity contribution in [3.63, 3.8) is 0 Å². The summed E-state index contributed by atoms with van der Waals surface area (Å²) in [7, 11) is 2.57. The van der Waals surface area contributed by atoms with Gasteiger partial charge in [-0.3, -0.25) is 0 Å². The Kier molecular flexibility index (Phi) is 8.80. The molecule has 210 valence electrons. The van der Waals surface area contributed by atoms with Gasteiger partial charge in [0.2, 0.25) is 5.95 Å². The average Bonchev–Trinajstić information content (AvgIpc) is 3.32. The highest BCUT2D eigenvalue weighted by Crippen LogP contribution is 2.46. The summed E-state index contributed by atoms with van der Waals surface area (Å²) < 4.78 is 69.3. The average molecular weight is 580 g/mol. The molecule has 1 aromatic heterocycles. The Morgan fingerprint density at radius 2 is 1.82 bits per heavy atom. The minimum absolute atomic E-state index is 0.0936. The Hall–Kier alpha value is -2.79. The smallest absolute Gasteiger partial charge is 0.268 e. The molecule has 1 aliphatic rings. The van der Waals surface area contributed by atoms with Gasteiger partial charge in [-0.2, -0.15) is 4.39 Å². The molecule has 0 spiro atoms. The van der Waals surface area contributed by atoms with Crippen molar-refractivity contribution < 1.29 is 26.7 Å². The number of likely N-dealkylation sites (N-methyl/N-ethyl adjacent to an activating group) is 1. The van der Waals surface area contributed by atoms with Crippen molar-refractivity contribution in [2.75, 3.05) is 39.2 Å². The number of hydrogen-bond donors (Lipinski definition) is 0. The number of benzene rings is 2. The van der Waals surface area contributed by atoms with Crippen LogP contribution >= 0.6 is 11.6 Å². The summed E-state index contributed by atoms with van der Waals surface area (Å²) in [6, 6.07) is 12.8. The zero-order valence-corrected chi connectivity index (χ0v) is 23.9. The van der Waals surface area contributed by atoms with Crippen LogP contribution in [-0.4, -0.2) is 58.8 Å². The maximum absolute atomic E-state index is 15.6. The molecule has 0 unspecified atom stereocenters. The minimum Gasteiger partial charge on any atom is -0.497 e. The van der Waals surface area contributed by atoms with Crippen molar-refractivity contribution in [3.05, 3.63) is 82.5 Å². The first-order chi connectivity index (χ1) is 18.5. The zero-order chi connectivity index (χ0) is 28.4. The summed E-state index contributed by atoms with van der Waals surface area (Å²) in [5, 5.41) is 0.147. The summed E-state index contributed by atoms with van der Waals surface area (Å²) in [5.41, 5.74) is 0.712. The van der Waals surface area contributed by atoms with E-state index < -0.39 is 32.3 Å². The molecular formula is C28H32ClF2N3O4S. The fourth-order valence-electron chi connectivity index (χ4n) is 5.22. The number of methoxy groups -OCH3 is 2. The molecule has 1 saturated carbocycles.